The van der Waals surface area contributed by atoms with Gasteiger partial charge in [0.1, 0.15) is 0 Å². The summed E-state index contributed by atoms with van der Waals surface area (Å²) in [5.74, 6) is 0.842. The van der Waals surface area contributed by atoms with E-state index in [1.807, 2.05) is 12.1 Å². The molecule has 0 amide bonds. The van der Waals surface area contributed by atoms with Gasteiger partial charge in [0, 0.05) is 10.6 Å². The number of nitrogens with two attached hydrogens (primary N) is 1. The van der Waals surface area contributed by atoms with Crippen molar-refractivity contribution in [2.45, 2.75) is 24.5 Å². The van der Waals surface area contributed by atoms with Crippen LogP contribution in [-0.2, 0) is 5.75 Å². The number of thioether (sulfide) groups is 2. The van der Waals surface area contributed by atoms with E-state index in [2.05, 4.69) is 55.4 Å². The third-order valence-electron chi connectivity index (χ3n) is 2.99. The predicted octanol–water partition coefficient (Wildman–Crippen LogP) is 4.90. The van der Waals surface area contributed by atoms with Gasteiger partial charge in [-0.2, -0.15) is 0 Å². The molecule has 0 radical (unpaired) electrons. The van der Waals surface area contributed by atoms with Crippen molar-refractivity contribution < 1.29 is 0 Å². The fraction of sp³-hybridized carbons (Fsp3) is 0.235. The first kappa shape index (κ1) is 16.0. The van der Waals surface area contributed by atoms with E-state index in [4.69, 9.17) is 5.73 Å². The Kier molecular flexibility index (Phi) is 5.76. The van der Waals surface area contributed by atoms with Gasteiger partial charge < -0.3 is 5.73 Å². The molecule has 21 heavy (non-hydrogen) atoms. The van der Waals surface area contributed by atoms with Crippen molar-refractivity contribution in [3.63, 3.8) is 0 Å². The van der Waals surface area contributed by atoms with E-state index in [1.165, 1.54) is 21.6 Å². The standard InChI is InChI=1S/C17H20N2S2/c1-12-8-13(2)10-15(9-12)19-17(18)21-11-14-4-6-16(20-3)7-5-14/h4-10H,11H2,1-3H3,(H2,18,19). The molecule has 0 bridgehead atoms. The summed E-state index contributed by atoms with van der Waals surface area (Å²) in [5.41, 5.74) is 10.6. The number of hydrogen-bond acceptors (Lipinski definition) is 3. The van der Waals surface area contributed by atoms with E-state index in [9.17, 15) is 0 Å². The molecular formula is C17H20N2S2. The number of hydrogen-bond donors (Lipinski definition) is 1. The molecule has 110 valence electrons. The molecule has 0 spiro atoms. The molecule has 2 aromatic rings. The first-order chi connectivity index (χ1) is 10.1. The number of nitrogens with zero attached hydrogens (tertiary/aromatic N) is 1. The van der Waals surface area contributed by atoms with Gasteiger partial charge >= 0.3 is 0 Å². The lowest BCUT2D eigenvalue weighted by atomic mass is 10.1. The van der Waals surface area contributed by atoms with E-state index < -0.39 is 0 Å². The van der Waals surface area contributed by atoms with Crippen molar-refractivity contribution in [1.29, 1.82) is 0 Å². The lowest BCUT2D eigenvalue weighted by Gasteiger charge is -2.04. The summed E-state index contributed by atoms with van der Waals surface area (Å²) in [5, 5.41) is 0.606. The van der Waals surface area contributed by atoms with Crippen molar-refractivity contribution in [2.24, 2.45) is 10.7 Å². The summed E-state index contributed by atoms with van der Waals surface area (Å²) >= 11 is 3.32. The Morgan fingerprint density at radius 1 is 1.05 bits per heavy atom. The number of rotatable bonds is 4. The Bertz CT molecular complexity index is 613. The Hall–Kier alpha value is -1.39. The van der Waals surface area contributed by atoms with Gasteiger partial charge in [-0.25, -0.2) is 4.99 Å². The molecule has 0 fully saturated rings. The van der Waals surface area contributed by atoms with Crippen LogP contribution in [0.5, 0.6) is 0 Å². The summed E-state index contributed by atoms with van der Waals surface area (Å²) in [7, 11) is 0. The minimum atomic E-state index is 0.606. The molecule has 0 aromatic heterocycles. The van der Waals surface area contributed by atoms with Crippen LogP contribution >= 0.6 is 23.5 Å². The minimum absolute atomic E-state index is 0.606. The summed E-state index contributed by atoms with van der Waals surface area (Å²) < 4.78 is 0. The Morgan fingerprint density at radius 3 is 2.24 bits per heavy atom. The highest BCUT2D eigenvalue weighted by Crippen LogP contribution is 2.21. The van der Waals surface area contributed by atoms with Crippen LogP contribution < -0.4 is 5.73 Å². The van der Waals surface area contributed by atoms with Crippen molar-refractivity contribution in [3.05, 3.63) is 59.2 Å². The predicted molar refractivity (Wildman–Crippen MR) is 96.7 cm³/mol. The first-order valence-corrected chi connectivity index (χ1v) is 8.96. The second-order valence-corrected chi connectivity index (χ2v) is 6.81. The fourth-order valence-electron chi connectivity index (χ4n) is 2.05. The Balaban J connectivity index is 1.99. The minimum Gasteiger partial charge on any atom is -0.378 e. The molecule has 4 heteroatoms. The zero-order valence-electron chi connectivity index (χ0n) is 12.6. The number of aryl methyl sites for hydroxylation is 2. The van der Waals surface area contributed by atoms with Crippen LogP contribution in [-0.4, -0.2) is 11.4 Å². The lowest BCUT2D eigenvalue weighted by Crippen LogP contribution is -2.06. The number of benzene rings is 2. The zero-order valence-corrected chi connectivity index (χ0v) is 14.2. The average molecular weight is 316 g/mol. The quantitative estimate of drug-likeness (QED) is 0.495. The zero-order chi connectivity index (χ0) is 15.2. The second kappa shape index (κ2) is 7.57. The highest BCUT2D eigenvalue weighted by Gasteiger charge is 2.00. The van der Waals surface area contributed by atoms with Crippen LogP contribution in [0.1, 0.15) is 16.7 Å². The molecule has 0 heterocycles. The van der Waals surface area contributed by atoms with Crippen molar-refractivity contribution in [1.82, 2.24) is 0 Å². The Labute approximate surface area is 135 Å². The van der Waals surface area contributed by atoms with Crippen molar-refractivity contribution >= 4 is 34.4 Å². The van der Waals surface area contributed by atoms with Gasteiger partial charge in [-0.1, -0.05) is 30.0 Å². The van der Waals surface area contributed by atoms with Gasteiger partial charge in [0.2, 0.25) is 0 Å². The molecule has 2 rings (SSSR count). The molecule has 0 unspecified atom stereocenters. The fourth-order valence-corrected chi connectivity index (χ4v) is 3.14. The summed E-state index contributed by atoms with van der Waals surface area (Å²) in [6.07, 6.45) is 2.08. The molecule has 2 nitrogen and oxygen atoms in total. The topological polar surface area (TPSA) is 38.4 Å². The largest absolute Gasteiger partial charge is 0.378 e. The molecule has 0 aliphatic rings. The van der Waals surface area contributed by atoms with Gasteiger partial charge in [-0.15, -0.1) is 11.8 Å². The maximum absolute atomic E-state index is 6.02. The SMILES string of the molecule is CSc1ccc(CSC(N)=Nc2cc(C)cc(C)c2)cc1. The van der Waals surface area contributed by atoms with Gasteiger partial charge in [0.25, 0.3) is 0 Å². The number of amidine groups is 1. The van der Waals surface area contributed by atoms with E-state index in [-0.39, 0.29) is 0 Å². The van der Waals surface area contributed by atoms with Crippen LogP contribution in [0.2, 0.25) is 0 Å². The van der Waals surface area contributed by atoms with Crippen LogP contribution in [0.3, 0.4) is 0 Å². The molecular weight excluding hydrogens is 296 g/mol. The molecule has 0 atom stereocenters. The van der Waals surface area contributed by atoms with Gasteiger partial charge in [0.15, 0.2) is 5.17 Å². The van der Waals surface area contributed by atoms with Crippen LogP contribution in [0, 0.1) is 13.8 Å². The number of aliphatic imine (C=N–C) groups is 1. The molecule has 0 aliphatic carbocycles. The maximum Gasteiger partial charge on any atom is 0.159 e. The van der Waals surface area contributed by atoms with Crippen molar-refractivity contribution in [2.75, 3.05) is 6.26 Å². The highest BCUT2D eigenvalue weighted by atomic mass is 32.2. The van der Waals surface area contributed by atoms with E-state index in [0.717, 1.165) is 11.4 Å². The van der Waals surface area contributed by atoms with Gasteiger partial charge in [0.05, 0.1) is 5.69 Å². The van der Waals surface area contributed by atoms with Gasteiger partial charge in [-0.05, 0) is 61.1 Å². The molecule has 0 saturated carbocycles. The lowest BCUT2D eigenvalue weighted by molar-refractivity contribution is 1.35. The molecule has 2 N–H and O–H groups in total. The van der Waals surface area contributed by atoms with E-state index in [1.54, 1.807) is 23.5 Å². The summed E-state index contributed by atoms with van der Waals surface area (Å²) in [6, 6.07) is 14.8. The van der Waals surface area contributed by atoms with Crippen LogP contribution in [0.25, 0.3) is 0 Å². The second-order valence-electron chi connectivity index (χ2n) is 4.93. The summed E-state index contributed by atoms with van der Waals surface area (Å²) in [4.78, 5) is 5.76. The normalized spacial score (nSPS) is 11.7. The Morgan fingerprint density at radius 2 is 1.67 bits per heavy atom. The van der Waals surface area contributed by atoms with Crippen LogP contribution in [0.15, 0.2) is 52.4 Å². The average Bonchev–Trinajstić information content (AvgIpc) is 2.44. The van der Waals surface area contributed by atoms with Crippen molar-refractivity contribution in [3.8, 4) is 0 Å². The van der Waals surface area contributed by atoms with E-state index >= 15 is 0 Å². The molecule has 0 aliphatic heterocycles. The molecule has 0 saturated heterocycles. The van der Waals surface area contributed by atoms with Crippen LogP contribution in [0.4, 0.5) is 5.69 Å². The monoisotopic (exact) mass is 316 g/mol. The molecule has 2 aromatic carbocycles. The first-order valence-electron chi connectivity index (χ1n) is 6.75. The third kappa shape index (κ3) is 5.14. The van der Waals surface area contributed by atoms with Gasteiger partial charge in [-0.3, -0.25) is 0 Å². The smallest absolute Gasteiger partial charge is 0.159 e. The third-order valence-corrected chi connectivity index (χ3v) is 4.60. The maximum atomic E-state index is 6.02. The van der Waals surface area contributed by atoms with E-state index in [0.29, 0.717) is 5.17 Å². The highest BCUT2D eigenvalue weighted by molar-refractivity contribution is 8.13. The summed E-state index contributed by atoms with van der Waals surface area (Å²) in [6.45, 7) is 4.14.